The molecule has 0 saturated heterocycles. The van der Waals surface area contributed by atoms with E-state index in [9.17, 15) is 52.7 Å². The Bertz CT molecular complexity index is 2310. The fourth-order valence-electron chi connectivity index (χ4n) is 6.29. The van der Waals surface area contributed by atoms with Gasteiger partial charge in [-0.3, -0.25) is 4.18 Å². The van der Waals surface area contributed by atoms with E-state index in [1.165, 1.54) is 10.8 Å². The van der Waals surface area contributed by atoms with Crippen molar-refractivity contribution in [1.29, 1.82) is 0 Å². The molecule has 6 aromatic rings. The van der Waals surface area contributed by atoms with E-state index < -0.39 is 144 Å². The van der Waals surface area contributed by atoms with Gasteiger partial charge in [0.05, 0.1) is 0 Å². The molecule has 0 aliphatic heterocycles. The van der Waals surface area contributed by atoms with E-state index in [2.05, 4.69) is 36.8 Å². The Hall–Kier alpha value is -5.61. The predicted molar refractivity (Wildman–Crippen MR) is 173 cm³/mol. The third kappa shape index (κ3) is 6.95. The van der Waals surface area contributed by atoms with Crippen molar-refractivity contribution in [3.05, 3.63) is 159 Å². The van der Waals surface area contributed by atoms with Crippen LogP contribution in [-0.2, 0) is 11.2 Å². The van der Waals surface area contributed by atoms with Crippen molar-refractivity contribution in [2.75, 3.05) is 12.5 Å². The summed E-state index contributed by atoms with van der Waals surface area (Å²) in [5.74, 6) is -70.4. The summed E-state index contributed by atoms with van der Waals surface area (Å²) in [5, 5.41) is 2.49. The normalized spacial score (nSPS) is 11.7. The second-order valence-electron chi connectivity index (χ2n) is 12.1. The molecular weight excluding hydrogens is 871 g/mol. The minimum atomic E-state index is -7.22. The van der Waals surface area contributed by atoms with E-state index in [1.807, 2.05) is 18.2 Å². The van der Waals surface area contributed by atoms with Gasteiger partial charge in [-0.2, -0.15) is 0 Å². The second kappa shape index (κ2) is 16.2. The average molecular weight is 884 g/mol. The molecule has 0 unspecified atom stereocenters. The molecule has 59 heavy (non-hydrogen) atoms. The smallest absolute Gasteiger partial charge is 0.200 e. The van der Waals surface area contributed by atoms with E-state index in [0.717, 1.165) is 5.75 Å². The van der Waals surface area contributed by atoms with Gasteiger partial charge in [-0.1, -0.05) is 30.3 Å². The first-order valence-electron chi connectivity index (χ1n) is 15.4. The molecule has 0 N–H and O–H groups in total. The second-order valence-corrected chi connectivity index (χ2v) is 13.8. The minimum Gasteiger partial charge on any atom is -0.287 e. The molecule has 6 aromatic carbocycles. The molecule has 0 spiro atoms. The van der Waals surface area contributed by atoms with Crippen LogP contribution in [0, 0.1) is 116 Å². The zero-order valence-electron chi connectivity index (χ0n) is 28.5. The molecule has 0 aliphatic rings. The first-order chi connectivity index (χ1) is 27.5. The van der Waals surface area contributed by atoms with Crippen LogP contribution in [0.15, 0.2) is 42.5 Å². The summed E-state index contributed by atoms with van der Waals surface area (Å²) in [6.45, 7) is 0. The number of hydrogen-bond acceptors (Lipinski definition) is 1. The summed E-state index contributed by atoms with van der Waals surface area (Å²) in [6, 6.07) is 14.5. The van der Waals surface area contributed by atoms with Crippen LogP contribution in [0.2, 0.25) is 0 Å². The number of rotatable bonds is 6. The Kier molecular flexibility index (Phi) is 12.2. The predicted octanol–water partition coefficient (Wildman–Crippen LogP) is 8.86. The van der Waals surface area contributed by atoms with Crippen molar-refractivity contribution < 1.29 is 92.0 Å². The molecule has 0 saturated carbocycles. The van der Waals surface area contributed by atoms with Gasteiger partial charge in [-0.25, -0.2) is 87.8 Å². The molecule has 312 valence electrons. The molecule has 0 radical (unpaired) electrons. The third-order valence-electron chi connectivity index (χ3n) is 8.69. The highest BCUT2D eigenvalue weighted by Gasteiger charge is 2.52. The molecule has 1 nitrogen and oxygen atoms in total. The van der Waals surface area contributed by atoms with Gasteiger partial charge >= 0.3 is 0 Å². The lowest BCUT2D eigenvalue weighted by Crippen LogP contribution is -2.81. The van der Waals surface area contributed by atoms with Gasteiger partial charge in [0, 0.05) is 0 Å². The molecule has 0 heterocycles. The Morgan fingerprint density at radius 2 is 0.559 bits per heavy atom. The van der Waals surface area contributed by atoms with Gasteiger partial charge in [0.25, 0.3) is 0 Å². The Balaban J connectivity index is 0.000000395. The molecule has 6 rings (SSSR count). The fourth-order valence-corrected chi connectivity index (χ4v) is 6.77. The maximum absolute atomic E-state index is 15.4. The number of benzene rings is 6. The first kappa shape index (κ1) is 44.5. The highest BCUT2D eigenvalue weighted by atomic mass is 32.2. The molecule has 0 bridgehead atoms. The molecular formula is C36H13BF20OS. The van der Waals surface area contributed by atoms with Crippen molar-refractivity contribution in [1.82, 2.24) is 0 Å². The Labute approximate surface area is 318 Å². The largest absolute Gasteiger partial charge is 0.287 e. The van der Waals surface area contributed by atoms with Crippen LogP contribution in [0.25, 0.3) is 10.8 Å². The van der Waals surface area contributed by atoms with Crippen molar-refractivity contribution in [2.45, 2.75) is 0 Å². The lowest BCUT2D eigenvalue weighted by Gasteiger charge is -2.44. The van der Waals surface area contributed by atoms with Crippen LogP contribution in [0.3, 0.4) is 0 Å². The van der Waals surface area contributed by atoms with Crippen LogP contribution in [0.4, 0.5) is 87.8 Å². The maximum Gasteiger partial charge on any atom is 0.200 e. The highest BCUT2D eigenvalue weighted by Crippen LogP contribution is 2.31. The summed E-state index contributed by atoms with van der Waals surface area (Å²) >= 11 is -0.00945. The van der Waals surface area contributed by atoms with Gasteiger partial charge in [0.1, 0.15) is 65.2 Å². The highest BCUT2D eigenvalue weighted by molar-refractivity contribution is 7.91. The molecule has 0 aliphatic carbocycles. The lowest BCUT2D eigenvalue weighted by molar-refractivity contribution is 0.378. The van der Waals surface area contributed by atoms with Crippen molar-refractivity contribution in [3.63, 3.8) is 0 Å². The number of halogens is 20. The first-order valence-corrected chi connectivity index (χ1v) is 17.4. The molecule has 0 amide bonds. The Morgan fingerprint density at radius 3 is 0.814 bits per heavy atom. The van der Waals surface area contributed by atoms with Crippen LogP contribution in [-0.4, -0.2) is 18.7 Å². The molecule has 0 aromatic heterocycles. The van der Waals surface area contributed by atoms with Gasteiger partial charge in [0.15, 0.2) is 86.7 Å². The van der Waals surface area contributed by atoms with E-state index in [1.54, 1.807) is 0 Å². The zero-order chi connectivity index (χ0) is 44.3. The summed E-state index contributed by atoms with van der Waals surface area (Å²) in [7, 11) is 0. The van der Waals surface area contributed by atoms with Gasteiger partial charge in [0.2, 0.25) is 0 Å². The molecule has 0 fully saturated rings. The van der Waals surface area contributed by atoms with Crippen LogP contribution >= 0.6 is 0 Å². The topological polar surface area (TPSA) is 9.23 Å². The van der Waals surface area contributed by atoms with Gasteiger partial charge in [-0.05, 0) is 22.9 Å². The number of hydrogen-bond donors (Lipinski definition) is 0. The van der Waals surface area contributed by atoms with Gasteiger partial charge in [-0.15, -0.1) is 21.9 Å². The van der Waals surface area contributed by atoms with E-state index >= 15 is 35.1 Å². The fraction of sp³-hybridized carbons (Fsp3) is 0.0556. The van der Waals surface area contributed by atoms with Crippen molar-refractivity contribution >= 4 is 49.9 Å². The molecule has 0 atom stereocenters. The van der Waals surface area contributed by atoms with E-state index in [-0.39, 0.29) is 11.2 Å². The lowest BCUT2D eigenvalue weighted by atomic mass is 9.12. The van der Waals surface area contributed by atoms with Crippen LogP contribution < -0.4 is 26.0 Å². The van der Waals surface area contributed by atoms with Gasteiger partial charge < -0.3 is 0 Å². The monoisotopic (exact) mass is 884 g/mol. The van der Waals surface area contributed by atoms with Crippen molar-refractivity contribution in [2.24, 2.45) is 0 Å². The van der Waals surface area contributed by atoms with Crippen LogP contribution in [0.5, 0.6) is 5.75 Å². The number of fused-ring (bicyclic) bond motifs is 1. The summed E-state index contributed by atoms with van der Waals surface area (Å²) < 4.78 is 300. The minimum absolute atomic E-state index is 0.00945. The average Bonchev–Trinajstić information content (AvgIpc) is 3.20. The standard InChI is InChI=1S/C24BF20.C12H13OS/c26-5-1(6(27)14(35)21(42)13(5)34)25(2-7(28)15(36)22(43)16(37)8(2)29,3-9(30)17(38)23(44)18(39)10(3)31)4-11(32)19(40)24(45)20(41)12(4)33;1-14(2)13-12-8-7-10-5-3-4-6-11(10)9-12/h;3-9H,1-2H3/q-1;+1. The maximum atomic E-state index is 15.4. The molecule has 23 heteroatoms. The Morgan fingerprint density at radius 1 is 0.322 bits per heavy atom. The summed E-state index contributed by atoms with van der Waals surface area (Å²) in [4.78, 5) is 0. The third-order valence-corrected chi connectivity index (χ3v) is 9.22. The zero-order valence-corrected chi connectivity index (χ0v) is 29.3. The van der Waals surface area contributed by atoms with Crippen molar-refractivity contribution in [3.8, 4) is 5.75 Å². The quantitative estimate of drug-likeness (QED) is 0.0535. The SMILES string of the molecule is C[S+](C)Oc1ccc2ccccc2c1.Fc1c(F)c(F)c([B-](c2c(F)c(F)c(F)c(F)c2F)(c2c(F)c(F)c(F)c(F)c2F)c2c(F)c(F)c(F)c(F)c2F)c(F)c1F. The van der Waals surface area contributed by atoms with E-state index in [4.69, 9.17) is 4.18 Å². The van der Waals surface area contributed by atoms with Crippen LogP contribution in [0.1, 0.15) is 0 Å². The van der Waals surface area contributed by atoms with E-state index in [0.29, 0.717) is 0 Å². The summed E-state index contributed by atoms with van der Waals surface area (Å²) in [6.07, 6.45) is -3.09. The summed E-state index contributed by atoms with van der Waals surface area (Å²) in [5.41, 5.74) is -14.3.